The Labute approximate surface area is 107 Å². The van der Waals surface area contributed by atoms with Gasteiger partial charge < -0.3 is 20.0 Å². The number of carbonyl (C=O) groups excluding carboxylic acids is 1. The Bertz CT molecular complexity index is 414. The molecule has 2 rings (SSSR count). The normalized spacial score (nSPS) is 21.7. The number of hydrogen-bond donors (Lipinski definition) is 1. The number of piperazine rings is 1. The van der Waals surface area contributed by atoms with Gasteiger partial charge in [-0.1, -0.05) is 0 Å². The molecule has 1 aliphatic rings. The fourth-order valence-corrected chi connectivity index (χ4v) is 2.14. The number of carbonyl (C=O) groups is 1. The van der Waals surface area contributed by atoms with Gasteiger partial charge in [0.25, 0.3) is 0 Å². The van der Waals surface area contributed by atoms with Gasteiger partial charge in [0, 0.05) is 32.3 Å². The maximum absolute atomic E-state index is 12.1. The van der Waals surface area contributed by atoms with Crippen LogP contribution in [0.4, 0.5) is 0 Å². The van der Waals surface area contributed by atoms with Gasteiger partial charge in [0.15, 0.2) is 0 Å². The molecule has 1 saturated heterocycles. The van der Waals surface area contributed by atoms with Crippen molar-refractivity contribution in [3.63, 3.8) is 0 Å². The van der Waals surface area contributed by atoms with E-state index in [0.29, 0.717) is 12.3 Å². The number of nitrogens with zero attached hydrogens (tertiary/aromatic N) is 2. The molecule has 98 valence electrons. The van der Waals surface area contributed by atoms with E-state index in [-0.39, 0.29) is 11.9 Å². The summed E-state index contributed by atoms with van der Waals surface area (Å²) in [5.74, 6) is 0.678. The molecule has 1 atom stereocenters. The van der Waals surface area contributed by atoms with Gasteiger partial charge in [-0.25, -0.2) is 0 Å². The molecule has 1 aromatic rings. The number of amides is 1. The maximum Gasteiger partial charge on any atom is 0.247 e. The van der Waals surface area contributed by atoms with Gasteiger partial charge in [0.2, 0.25) is 5.91 Å². The van der Waals surface area contributed by atoms with Crippen molar-refractivity contribution in [1.82, 2.24) is 9.80 Å². The number of rotatable bonds is 3. The lowest BCUT2D eigenvalue weighted by molar-refractivity contribution is -0.130. The number of furan rings is 1. The Morgan fingerprint density at radius 3 is 3.11 bits per heavy atom. The van der Waals surface area contributed by atoms with Crippen molar-refractivity contribution >= 4 is 12.0 Å². The van der Waals surface area contributed by atoms with E-state index in [1.807, 2.05) is 18.0 Å². The molecule has 5 heteroatoms. The molecule has 1 unspecified atom stereocenters. The van der Waals surface area contributed by atoms with Crippen LogP contribution >= 0.6 is 0 Å². The lowest BCUT2D eigenvalue weighted by atomic mass is 10.1. The third-order valence-corrected chi connectivity index (χ3v) is 3.17. The standard InChI is InChI=1S/C13H19N3O2/c1-15-6-7-16(11(9-14)10-15)13(17)5-4-12-3-2-8-18-12/h2-5,8,11H,6-7,9-10,14H2,1H3/b5-4+. The summed E-state index contributed by atoms with van der Waals surface area (Å²) in [4.78, 5) is 16.1. The minimum Gasteiger partial charge on any atom is -0.465 e. The Kier molecular flexibility index (Phi) is 4.17. The predicted octanol–water partition coefficient (Wildman–Crippen LogP) is 0.394. The largest absolute Gasteiger partial charge is 0.465 e. The van der Waals surface area contributed by atoms with Crippen molar-refractivity contribution in [3.05, 3.63) is 30.2 Å². The van der Waals surface area contributed by atoms with Gasteiger partial charge in [0.05, 0.1) is 12.3 Å². The summed E-state index contributed by atoms with van der Waals surface area (Å²) in [6.45, 7) is 2.93. The van der Waals surface area contributed by atoms with Gasteiger partial charge in [-0.2, -0.15) is 0 Å². The van der Waals surface area contributed by atoms with E-state index >= 15 is 0 Å². The monoisotopic (exact) mass is 249 g/mol. The highest BCUT2D eigenvalue weighted by Crippen LogP contribution is 2.09. The van der Waals surface area contributed by atoms with Crippen molar-refractivity contribution in [1.29, 1.82) is 0 Å². The molecular weight excluding hydrogens is 230 g/mol. The van der Waals surface area contributed by atoms with Crippen molar-refractivity contribution in [2.75, 3.05) is 33.2 Å². The smallest absolute Gasteiger partial charge is 0.247 e. The topological polar surface area (TPSA) is 62.7 Å². The van der Waals surface area contributed by atoms with Gasteiger partial charge in [0.1, 0.15) is 5.76 Å². The first-order chi connectivity index (χ1) is 8.70. The summed E-state index contributed by atoms with van der Waals surface area (Å²) >= 11 is 0. The zero-order valence-electron chi connectivity index (χ0n) is 10.6. The maximum atomic E-state index is 12.1. The summed E-state index contributed by atoms with van der Waals surface area (Å²) in [6.07, 6.45) is 4.82. The first-order valence-electron chi connectivity index (χ1n) is 6.11. The van der Waals surface area contributed by atoms with Crippen LogP contribution in [0.5, 0.6) is 0 Å². The highest BCUT2D eigenvalue weighted by Gasteiger charge is 2.26. The predicted molar refractivity (Wildman–Crippen MR) is 69.8 cm³/mol. The number of hydrogen-bond acceptors (Lipinski definition) is 4. The van der Waals surface area contributed by atoms with Gasteiger partial charge in [-0.05, 0) is 25.3 Å². The minimum atomic E-state index is -0.00468. The van der Waals surface area contributed by atoms with Crippen LogP contribution in [-0.2, 0) is 4.79 Å². The van der Waals surface area contributed by atoms with Crippen LogP contribution in [0.25, 0.3) is 6.08 Å². The van der Waals surface area contributed by atoms with Crippen LogP contribution in [-0.4, -0.2) is 55.0 Å². The quantitative estimate of drug-likeness (QED) is 0.787. The molecule has 0 aliphatic carbocycles. The van der Waals surface area contributed by atoms with Crippen LogP contribution in [0.3, 0.4) is 0 Å². The molecule has 0 spiro atoms. The lowest BCUT2D eigenvalue weighted by Gasteiger charge is -2.39. The average Bonchev–Trinajstić information content (AvgIpc) is 2.88. The first-order valence-corrected chi connectivity index (χ1v) is 6.11. The van der Waals surface area contributed by atoms with E-state index in [4.69, 9.17) is 10.2 Å². The fourth-order valence-electron chi connectivity index (χ4n) is 2.14. The van der Waals surface area contributed by atoms with E-state index in [2.05, 4.69) is 4.90 Å². The van der Waals surface area contributed by atoms with Crippen LogP contribution in [0.1, 0.15) is 5.76 Å². The van der Waals surface area contributed by atoms with E-state index < -0.39 is 0 Å². The summed E-state index contributed by atoms with van der Waals surface area (Å²) in [5, 5.41) is 0. The fraction of sp³-hybridized carbons (Fsp3) is 0.462. The SMILES string of the molecule is CN1CCN(C(=O)/C=C/c2ccco2)C(CN)C1. The third kappa shape index (κ3) is 3.00. The molecule has 2 heterocycles. The second kappa shape index (κ2) is 5.84. The molecule has 5 nitrogen and oxygen atoms in total. The summed E-state index contributed by atoms with van der Waals surface area (Å²) in [7, 11) is 2.04. The molecule has 18 heavy (non-hydrogen) atoms. The lowest BCUT2D eigenvalue weighted by Crippen LogP contribution is -2.56. The Hall–Kier alpha value is -1.59. The minimum absolute atomic E-state index is 0.00468. The molecule has 0 saturated carbocycles. The first kappa shape index (κ1) is 12.9. The third-order valence-electron chi connectivity index (χ3n) is 3.17. The second-order valence-corrected chi connectivity index (χ2v) is 4.53. The number of nitrogens with two attached hydrogens (primary N) is 1. The second-order valence-electron chi connectivity index (χ2n) is 4.53. The summed E-state index contributed by atoms with van der Waals surface area (Å²) in [5.41, 5.74) is 5.72. The summed E-state index contributed by atoms with van der Waals surface area (Å²) < 4.78 is 5.15. The molecule has 0 bridgehead atoms. The Morgan fingerprint density at radius 1 is 1.61 bits per heavy atom. The van der Waals surface area contributed by atoms with Crippen LogP contribution in [0, 0.1) is 0 Å². The molecule has 1 aromatic heterocycles. The van der Waals surface area contributed by atoms with Crippen molar-refractivity contribution in [2.45, 2.75) is 6.04 Å². The van der Waals surface area contributed by atoms with Crippen LogP contribution in [0.2, 0.25) is 0 Å². The van der Waals surface area contributed by atoms with Gasteiger partial charge in [-0.15, -0.1) is 0 Å². The number of likely N-dealkylation sites (N-methyl/N-ethyl adjacent to an activating group) is 1. The van der Waals surface area contributed by atoms with Crippen molar-refractivity contribution < 1.29 is 9.21 Å². The van der Waals surface area contributed by atoms with E-state index in [9.17, 15) is 4.79 Å². The summed E-state index contributed by atoms with van der Waals surface area (Å²) in [6, 6.07) is 3.70. The Morgan fingerprint density at radius 2 is 2.44 bits per heavy atom. The molecule has 1 aliphatic heterocycles. The zero-order valence-corrected chi connectivity index (χ0v) is 10.6. The molecule has 1 amide bonds. The zero-order chi connectivity index (χ0) is 13.0. The highest BCUT2D eigenvalue weighted by molar-refractivity contribution is 5.91. The van der Waals surface area contributed by atoms with Gasteiger partial charge in [-0.3, -0.25) is 4.79 Å². The van der Waals surface area contributed by atoms with E-state index in [1.54, 1.807) is 24.5 Å². The molecule has 0 aromatic carbocycles. The highest BCUT2D eigenvalue weighted by atomic mass is 16.3. The van der Waals surface area contributed by atoms with E-state index in [0.717, 1.165) is 19.6 Å². The molecule has 0 radical (unpaired) electrons. The van der Waals surface area contributed by atoms with Crippen molar-refractivity contribution in [3.8, 4) is 0 Å². The van der Waals surface area contributed by atoms with Crippen molar-refractivity contribution in [2.24, 2.45) is 5.73 Å². The average molecular weight is 249 g/mol. The van der Waals surface area contributed by atoms with Crippen LogP contribution in [0.15, 0.2) is 28.9 Å². The molecular formula is C13H19N3O2. The molecule has 1 fully saturated rings. The molecule has 2 N–H and O–H groups in total. The van der Waals surface area contributed by atoms with E-state index in [1.165, 1.54) is 0 Å². The Balaban J connectivity index is 1.99. The van der Waals surface area contributed by atoms with Crippen LogP contribution < -0.4 is 5.73 Å². The van der Waals surface area contributed by atoms with Gasteiger partial charge >= 0.3 is 0 Å².